The largest absolute Gasteiger partial charge is 0.370 e. The van der Waals surface area contributed by atoms with Gasteiger partial charge in [-0.3, -0.25) is 9.78 Å². The number of hydrogen-bond donors (Lipinski definition) is 0. The second-order valence-electron chi connectivity index (χ2n) is 6.68. The van der Waals surface area contributed by atoms with Crippen LogP contribution in [0, 0.1) is 11.8 Å². The Morgan fingerprint density at radius 3 is 2.78 bits per heavy atom. The van der Waals surface area contributed by atoms with Crippen molar-refractivity contribution in [2.45, 2.75) is 6.42 Å². The van der Waals surface area contributed by atoms with Crippen LogP contribution in [0.25, 0.3) is 0 Å². The Morgan fingerprint density at radius 2 is 2.04 bits per heavy atom. The van der Waals surface area contributed by atoms with Crippen molar-refractivity contribution in [1.29, 1.82) is 0 Å². The van der Waals surface area contributed by atoms with Crippen LogP contribution in [0.1, 0.15) is 16.9 Å². The first kappa shape index (κ1) is 14.3. The van der Waals surface area contributed by atoms with Gasteiger partial charge in [-0.1, -0.05) is 0 Å². The van der Waals surface area contributed by atoms with Crippen LogP contribution in [0.3, 0.4) is 0 Å². The molecule has 2 aliphatic heterocycles. The summed E-state index contributed by atoms with van der Waals surface area (Å²) in [6.07, 6.45) is 6.82. The molecule has 0 unspecified atom stereocenters. The summed E-state index contributed by atoms with van der Waals surface area (Å²) in [4.78, 5) is 21.4. The Labute approximate surface area is 136 Å². The molecule has 4 heterocycles. The zero-order valence-corrected chi connectivity index (χ0v) is 13.4. The summed E-state index contributed by atoms with van der Waals surface area (Å²) < 4.78 is 1.91. The average Bonchev–Trinajstić information content (AvgIpc) is 3.20. The van der Waals surface area contributed by atoms with Gasteiger partial charge in [-0.15, -0.1) is 0 Å². The van der Waals surface area contributed by atoms with Gasteiger partial charge in [0, 0.05) is 45.6 Å². The number of fused-ring (bicyclic) bond motifs is 1. The van der Waals surface area contributed by atoms with E-state index in [2.05, 4.69) is 16.0 Å². The quantitative estimate of drug-likeness (QED) is 0.852. The zero-order chi connectivity index (χ0) is 15.8. The number of piperidine rings is 1. The average molecular weight is 310 g/mol. The molecule has 0 spiro atoms. The van der Waals surface area contributed by atoms with Gasteiger partial charge >= 0.3 is 0 Å². The van der Waals surface area contributed by atoms with Crippen molar-refractivity contribution in [3.8, 4) is 0 Å². The number of amides is 1. The molecular weight excluding hydrogens is 288 g/mol. The summed E-state index contributed by atoms with van der Waals surface area (Å²) in [6, 6.07) is 7.95. The van der Waals surface area contributed by atoms with Gasteiger partial charge in [-0.2, -0.15) is 0 Å². The van der Waals surface area contributed by atoms with Gasteiger partial charge in [0.05, 0.1) is 11.9 Å². The van der Waals surface area contributed by atoms with Crippen LogP contribution in [0.2, 0.25) is 0 Å². The van der Waals surface area contributed by atoms with E-state index in [-0.39, 0.29) is 5.91 Å². The maximum absolute atomic E-state index is 12.7. The van der Waals surface area contributed by atoms with E-state index in [1.807, 2.05) is 53.3 Å². The van der Waals surface area contributed by atoms with Crippen molar-refractivity contribution in [2.24, 2.45) is 18.9 Å². The predicted octanol–water partition coefficient (Wildman–Crippen LogP) is 2.02. The second kappa shape index (κ2) is 5.72. The van der Waals surface area contributed by atoms with Gasteiger partial charge in [0.15, 0.2) is 0 Å². The molecule has 5 nitrogen and oxygen atoms in total. The third-order valence-corrected chi connectivity index (χ3v) is 5.26. The van der Waals surface area contributed by atoms with Crippen LogP contribution in [0.5, 0.6) is 0 Å². The Hall–Kier alpha value is -2.30. The zero-order valence-electron chi connectivity index (χ0n) is 13.4. The molecule has 0 N–H and O–H groups in total. The highest BCUT2D eigenvalue weighted by Gasteiger charge is 2.39. The number of nitrogens with zero attached hydrogens (tertiary/aromatic N) is 4. The fourth-order valence-corrected chi connectivity index (χ4v) is 3.96. The Balaban J connectivity index is 1.46. The van der Waals surface area contributed by atoms with Gasteiger partial charge in [0.25, 0.3) is 5.91 Å². The fraction of sp³-hybridized carbons (Fsp3) is 0.444. The van der Waals surface area contributed by atoms with Crippen molar-refractivity contribution < 1.29 is 4.79 Å². The molecule has 5 heteroatoms. The minimum absolute atomic E-state index is 0.167. The number of carbonyl (C=O) groups is 1. The van der Waals surface area contributed by atoms with E-state index in [9.17, 15) is 4.79 Å². The molecule has 2 aromatic rings. The normalized spacial score (nSPS) is 23.9. The van der Waals surface area contributed by atoms with Crippen molar-refractivity contribution in [1.82, 2.24) is 14.5 Å². The molecule has 1 amide bonds. The molecular formula is C18H22N4O. The first-order valence-electron chi connectivity index (χ1n) is 8.28. The molecule has 0 radical (unpaired) electrons. The second-order valence-corrected chi connectivity index (χ2v) is 6.68. The molecule has 23 heavy (non-hydrogen) atoms. The summed E-state index contributed by atoms with van der Waals surface area (Å²) in [5.41, 5.74) is 1.98. The van der Waals surface area contributed by atoms with E-state index in [0.717, 1.165) is 38.3 Å². The van der Waals surface area contributed by atoms with E-state index in [0.29, 0.717) is 11.8 Å². The van der Waals surface area contributed by atoms with Crippen molar-refractivity contribution in [3.05, 3.63) is 48.5 Å². The first-order valence-corrected chi connectivity index (χ1v) is 8.28. The standard InChI is InChI=1S/C18H22N4O/c1-20-8-3-5-17(20)18(23)22-11-14-6-9-21(12-15(14)13-22)16-4-2-7-19-10-16/h2-5,7-8,10,14-15H,6,9,11-13H2,1H3/t14-,15+/m0/s1. The molecule has 2 aromatic heterocycles. The molecule has 120 valence electrons. The summed E-state index contributed by atoms with van der Waals surface area (Å²) >= 11 is 0. The smallest absolute Gasteiger partial charge is 0.270 e. The SMILES string of the molecule is Cn1cccc1C(=O)N1C[C@@H]2CCN(c3cccnc3)C[C@@H]2C1. The maximum Gasteiger partial charge on any atom is 0.270 e. The van der Waals surface area contributed by atoms with Crippen molar-refractivity contribution in [2.75, 3.05) is 31.1 Å². The molecule has 0 bridgehead atoms. The third-order valence-electron chi connectivity index (χ3n) is 5.26. The number of aryl methyl sites for hydroxylation is 1. The molecule has 2 aliphatic rings. The van der Waals surface area contributed by atoms with E-state index in [1.165, 1.54) is 5.69 Å². The first-order chi connectivity index (χ1) is 11.2. The number of hydrogen-bond acceptors (Lipinski definition) is 3. The lowest BCUT2D eigenvalue weighted by molar-refractivity contribution is 0.0775. The highest BCUT2D eigenvalue weighted by atomic mass is 16.2. The van der Waals surface area contributed by atoms with Gasteiger partial charge < -0.3 is 14.4 Å². The van der Waals surface area contributed by atoms with Crippen LogP contribution < -0.4 is 4.90 Å². The Morgan fingerprint density at radius 1 is 1.17 bits per heavy atom. The minimum Gasteiger partial charge on any atom is -0.370 e. The van der Waals surface area contributed by atoms with Crippen molar-refractivity contribution >= 4 is 11.6 Å². The van der Waals surface area contributed by atoms with Gasteiger partial charge in [-0.05, 0) is 42.5 Å². The monoisotopic (exact) mass is 310 g/mol. The van der Waals surface area contributed by atoms with Crippen LogP contribution in [-0.4, -0.2) is 46.5 Å². The van der Waals surface area contributed by atoms with Gasteiger partial charge in [0.2, 0.25) is 0 Å². The minimum atomic E-state index is 0.167. The predicted molar refractivity (Wildman–Crippen MR) is 89.4 cm³/mol. The summed E-state index contributed by atoms with van der Waals surface area (Å²) in [6.45, 7) is 3.84. The van der Waals surface area contributed by atoms with Gasteiger partial charge in [0.1, 0.15) is 5.69 Å². The van der Waals surface area contributed by atoms with Crippen LogP contribution in [0.4, 0.5) is 5.69 Å². The number of rotatable bonds is 2. The number of pyridine rings is 1. The Bertz CT molecular complexity index is 696. The molecule has 0 saturated carbocycles. The topological polar surface area (TPSA) is 41.4 Å². The van der Waals surface area contributed by atoms with E-state index < -0.39 is 0 Å². The highest BCUT2D eigenvalue weighted by Crippen LogP contribution is 2.33. The fourth-order valence-electron chi connectivity index (χ4n) is 3.96. The summed E-state index contributed by atoms with van der Waals surface area (Å²) in [5, 5.41) is 0. The number of anilines is 1. The lowest BCUT2D eigenvalue weighted by Gasteiger charge is -2.35. The summed E-state index contributed by atoms with van der Waals surface area (Å²) in [7, 11) is 1.93. The highest BCUT2D eigenvalue weighted by molar-refractivity contribution is 5.93. The van der Waals surface area contributed by atoms with Crippen molar-refractivity contribution in [3.63, 3.8) is 0 Å². The number of aromatic nitrogens is 2. The lowest BCUT2D eigenvalue weighted by atomic mass is 9.88. The third kappa shape index (κ3) is 2.60. The van der Waals surface area contributed by atoms with Crippen LogP contribution in [-0.2, 0) is 7.05 Å². The molecule has 4 rings (SSSR count). The van der Waals surface area contributed by atoms with E-state index in [1.54, 1.807) is 0 Å². The van der Waals surface area contributed by atoms with Crippen LogP contribution in [0.15, 0.2) is 42.9 Å². The van der Waals surface area contributed by atoms with Gasteiger partial charge in [-0.25, -0.2) is 0 Å². The lowest BCUT2D eigenvalue weighted by Crippen LogP contribution is -2.40. The van der Waals surface area contributed by atoms with E-state index in [4.69, 9.17) is 0 Å². The Kier molecular flexibility index (Phi) is 3.56. The maximum atomic E-state index is 12.7. The molecule has 0 aliphatic carbocycles. The molecule has 2 saturated heterocycles. The molecule has 2 fully saturated rings. The molecule has 0 aromatic carbocycles. The molecule has 2 atom stereocenters. The number of likely N-dealkylation sites (tertiary alicyclic amines) is 1. The van der Waals surface area contributed by atoms with Crippen LogP contribution >= 0.6 is 0 Å². The number of carbonyl (C=O) groups excluding carboxylic acids is 1. The van der Waals surface area contributed by atoms with E-state index >= 15 is 0 Å². The summed E-state index contributed by atoms with van der Waals surface area (Å²) in [5.74, 6) is 1.36.